The zero-order valence-electron chi connectivity index (χ0n) is 14.3. The van der Waals surface area contributed by atoms with E-state index in [-0.39, 0.29) is 23.5 Å². The normalized spacial score (nSPS) is 11.9. The SMILES string of the molecule is Cn1cnc(Cn2c(=O)oc3ccc(-c4ccc(OC(F)(F)F)cc4)nc32)n1. The number of aryl methyl sites for hydroxylation is 1. The molecule has 1 aromatic carbocycles. The molecule has 11 heteroatoms. The van der Waals surface area contributed by atoms with Crippen molar-refractivity contribution in [3.05, 3.63) is 59.1 Å². The summed E-state index contributed by atoms with van der Waals surface area (Å²) in [7, 11) is 1.70. The minimum atomic E-state index is -4.76. The van der Waals surface area contributed by atoms with Gasteiger partial charge in [0.2, 0.25) is 0 Å². The number of nitrogens with zero attached hydrogens (tertiary/aromatic N) is 5. The molecule has 0 saturated carbocycles. The first-order chi connectivity index (χ1) is 13.3. The molecule has 0 amide bonds. The Labute approximate surface area is 154 Å². The van der Waals surface area contributed by atoms with Crippen molar-refractivity contribution in [3.8, 4) is 17.0 Å². The van der Waals surface area contributed by atoms with Gasteiger partial charge in [-0.2, -0.15) is 5.10 Å². The van der Waals surface area contributed by atoms with Crippen LogP contribution in [0.5, 0.6) is 5.75 Å². The van der Waals surface area contributed by atoms with Gasteiger partial charge in [0.25, 0.3) is 0 Å². The number of pyridine rings is 1. The highest BCUT2D eigenvalue weighted by molar-refractivity contribution is 5.73. The molecule has 3 aromatic heterocycles. The second-order valence-electron chi connectivity index (χ2n) is 5.88. The van der Waals surface area contributed by atoms with Crippen LogP contribution < -0.4 is 10.5 Å². The van der Waals surface area contributed by atoms with Crippen molar-refractivity contribution in [1.29, 1.82) is 0 Å². The van der Waals surface area contributed by atoms with Crippen LogP contribution in [0.1, 0.15) is 5.82 Å². The van der Waals surface area contributed by atoms with Crippen molar-refractivity contribution in [3.63, 3.8) is 0 Å². The largest absolute Gasteiger partial charge is 0.573 e. The first-order valence-corrected chi connectivity index (χ1v) is 7.99. The van der Waals surface area contributed by atoms with Gasteiger partial charge >= 0.3 is 12.1 Å². The van der Waals surface area contributed by atoms with Crippen LogP contribution in [0.25, 0.3) is 22.5 Å². The average molecular weight is 391 g/mol. The number of aromatic nitrogens is 5. The van der Waals surface area contributed by atoms with Crippen LogP contribution in [0, 0.1) is 0 Å². The summed E-state index contributed by atoms with van der Waals surface area (Å²) in [5, 5.41) is 4.12. The van der Waals surface area contributed by atoms with Gasteiger partial charge in [-0.15, -0.1) is 13.2 Å². The first-order valence-electron chi connectivity index (χ1n) is 7.99. The van der Waals surface area contributed by atoms with Crippen molar-refractivity contribution < 1.29 is 22.3 Å². The topological polar surface area (TPSA) is 88.0 Å². The minimum absolute atomic E-state index is 0.0709. The lowest BCUT2D eigenvalue weighted by atomic mass is 10.1. The average Bonchev–Trinajstić information content (AvgIpc) is 3.17. The zero-order valence-corrected chi connectivity index (χ0v) is 14.3. The molecule has 28 heavy (non-hydrogen) atoms. The molecule has 3 heterocycles. The Morgan fingerprint density at radius 1 is 1.14 bits per heavy atom. The van der Waals surface area contributed by atoms with Gasteiger partial charge in [0.15, 0.2) is 17.1 Å². The molecule has 4 aromatic rings. The molecule has 0 N–H and O–H groups in total. The van der Waals surface area contributed by atoms with E-state index in [1.807, 2.05) is 0 Å². The van der Waals surface area contributed by atoms with E-state index in [0.29, 0.717) is 17.1 Å². The van der Waals surface area contributed by atoms with E-state index in [0.717, 1.165) is 0 Å². The smallest absolute Gasteiger partial charge is 0.406 e. The Morgan fingerprint density at radius 2 is 1.89 bits per heavy atom. The molecule has 4 rings (SSSR count). The first kappa shape index (κ1) is 17.8. The fourth-order valence-electron chi connectivity index (χ4n) is 2.67. The van der Waals surface area contributed by atoms with E-state index >= 15 is 0 Å². The summed E-state index contributed by atoms with van der Waals surface area (Å²) < 4.78 is 48.7. The Hall–Kier alpha value is -3.63. The highest BCUT2D eigenvalue weighted by atomic mass is 19.4. The number of oxazole rings is 1. The van der Waals surface area contributed by atoms with E-state index < -0.39 is 12.1 Å². The number of hydrogen-bond acceptors (Lipinski definition) is 6. The minimum Gasteiger partial charge on any atom is -0.406 e. The molecule has 0 unspecified atom stereocenters. The molecular weight excluding hydrogens is 379 g/mol. The molecule has 8 nitrogen and oxygen atoms in total. The van der Waals surface area contributed by atoms with E-state index in [4.69, 9.17) is 4.42 Å². The maximum absolute atomic E-state index is 12.3. The zero-order chi connectivity index (χ0) is 19.9. The molecule has 0 fully saturated rings. The van der Waals surface area contributed by atoms with Crippen LogP contribution in [0.3, 0.4) is 0 Å². The molecule has 0 atom stereocenters. The highest BCUT2D eigenvalue weighted by Crippen LogP contribution is 2.26. The van der Waals surface area contributed by atoms with Crippen molar-refractivity contribution in [1.82, 2.24) is 24.3 Å². The second-order valence-corrected chi connectivity index (χ2v) is 5.88. The van der Waals surface area contributed by atoms with Crippen LogP contribution in [0.2, 0.25) is 0 Å². The predicted octanol–water partition coefficient (Wildman–Crippen LogP) is 2.73. The number of fused-ring (bicyclic) bond motifs is 1. The summed E-state index contributed by atoms with van der Waals surface area (Å²) in [5.41, 5.74) is 1.56. The van der Waals surface area contributed by atoms with Gasteiger partial charge in [0.1, 0.15) is 12.1 Å². The van der Waals surface area contributed by atoms with Gasteiger partial charge in [-0.3, -0.25) is 9.25 Å². The maximum Gasteiger partial charge on any atom is 0.573 e. The molecule has 0 aliphatic rings. The summed E-state index contributed by atoms with van der Waals surface area (Å²) in [6, 6.07) is 8.44. The molecule has 0 radical (unpaired) electrons. The number of benzene rings is 1. The summed E-state index contributed by atoms with van der Waals surface area (Å²) >= 11 is 0. The van der Waals surface area contributed by atoms with Crippen LogP contribution in [0.15, 0.2) is 51.9 Å². The van der Waals surface area contributed by atoms with Crippen molar-refractivity contribution in [2.75, 3.05) is 0 Å². The monoisotopic (exact) mass is 391 g/mol. The van der Waals surface area contributed by atoms with Gasteiger partial charge in [-0.05, 0) is 36.4 Å². The third-order valence-electron chi connectivity index (χ3n) is 3.84. The molecule has 0 spiro atoms. The Kier molecular flexibility index (Phi) is 4.13. The molecular formula is C17H12F3N5O3. The summed E-state index contributed by atoms with van der Waals surface area (Å²) in [5.74, 6) is -0.534. The summed E-state index contributed by atoms with van der Waals surface area (Å²) in [6.45, 7) is 0.0709. The number of alkyl halides is 3. The van der Waals surface area contributed by atoms with Gasteiger partial charge in [-0.25, -0.2) is 14.8 Å². The van der Waals surface area contributed by atoms with E-state index in [9.17, 15) is 18.0 Å². The molecule has 0 bridgehead atoms. The molecule has 0 aliphatic carbocycles. The third kappa shape index (κ3) is 3.59. The summed E-state index contributed by atoms with van der Waals surface area (Å²) in [4.78, 5) is 20.6. The Balaban J connectivity index is 1.69. The van der Waals surface area contributed by atoms with Crippen LogP contribution in [-0.4, -0.2) is 30.7 Å². The number of hydrogen-bond donors (Lipinski definition) is 0. The number of rotatable bonds is 4. The molecule has 144 valence electrons. The van der Waals surface area contributed by atoms with E-state index in [1.165, 1.54) is 39.8 Å². The maximum atomic E-state index is 12.3. The third-order valence-corrected chi connectivity index (χ3v) is 3.84. The van der Waals surface area contributed by atoms with Gasteiger partial charge in [0, 0.05) is 12.6 Å². The quantitative estimate of drug-likeness (QED) is 0.532. The van der Waals surface area contributed by atoms with Gasteiger partial charge < -0.3 is 9.15 Å². The fraction of sp³-hybridized carbons (Fsp3) is 0.176. The van der Waals surface area contributed by atoms with Crippen LogP contribution in [0.4, 0.5) is 13.2 Å². The lowest BCUT2D eigenvalue weighted by Gasteiger charge is -2.09. The van der Waals surface area contributed by atoms with Crippen molar-refractivity contribution in [2.24, 2.45) is 7.05 Å². The highest BCUT2D eigenvalue weighted by Gasteiger charge is 2.31. The number of halogens is 3. The predicted molar refractivity (Wildman–Crippen MR) is 90.5 cm³/mol. The second kappa shape index (κ2) is 6.51. The van der Waals surface area contributed by atoms with Crippen LogP contribution >= 0.6 is 0 Å². The lowest BCUT2D eigenvalue weighted by Crippen LogP contribution is -2.17. The van der Waals surface area contributed by atoms with E-state index in [1.54, 1.807) is 19.2 Å². The Bertz CT molecular complexity index is 1190. The number of ether oxygens (including phenoxy) is 1. The van der Waals surface area contributed by atoms with Crippen molar-refractivity contribution >= 4 is 11.2 Å². The molecule has 0 aliphatic heterocycles. The Morgan fingerprint density at radius 3 is 2.54 bits per heavy atom. The van der Waals surface area contributed by atoms with Gasteiger partial charge in [0.05, 0.1) is 12.2 Å². The molecule has 0 saturated heterocycles. The van der Waals surface area contributed by atoms with Gasteiger partial charge in [-0.1, -0.05) is 0 Å². The fourth-order valence-corrected chi connectivity index (χ4v) is 2.67. The lowest BCUT2D eigenvalue weighted by molar-refractivity contribution is -0.274. The van der Waals surface area contributed by atoms with Crippen molar-refractivity contribution in [2.45, 2.75) is 12.9 Å². The standard InChI is InChI=1S/C17H12F3N5O3/c1-24-9-21-14(23-24)8-25-15-13(27-16(25)26)7-6-12(22-15)10-2-4-11(5-3-10)28-17(18,19)20/h2-7,9H,8H2,1H3. The van der Waals surface area contributed by atoms with Crippen LogP contribution in [-0.2, 0) is 13.6 Å². The summed E-state index contributed by atoms with van der Waals surface area (Å²) in [6.07, 6.45) is -3.25. The van der Waals surface area contributed by atoms with E-state index in [2.05, 4.69) is 19.8 Å².